The average molecular weight is 504 g/mol. The second kappa shape index (κ2) is 10.8. The van der Waals surface area contributed by atoms with Crippen LogP contribution in [0.5, 0.6) is 0 Å². The van der Waals surface area contributed by atoms with Crippen LogP contribution in [-0.2, 0) is 11.3 Å². The quantitative estimate of drug-likeness (QED) is 0.431. The SMILES string of the molecule is Cc1ccc(CNC(=O)c2ccc(Nc3ncc4c(n3)N(CCC(C)C)C(C)C(=O)N4C)cc2)c(=O)[nH]1. The van der Waals surface area contributed by atoms with E-state index in [-0.39, 0.29) is 30.0 Å². The number of hydrogen-bond acceptors (Lipinski definition) is 7. The van der Waals surface area contributed by atoms with Crippen LogP contribution in [0.15, 0.2) is 47.4 Å². The minimum absolute atomic E-state index is 0.0152. The molecule has 37 heavy (non-hydrogen) atoms. The largest absolute Gasteiger partial charge is 0.348 e. The summed E-state index contributed by atoms with van der Waals surface area (Å²) >= 11 is 0. The smallest absolute Gasteiger partial charge is 0.253 e. The lowest BCUT2D eigenvalue weighted by Crippen LogP contribution is -2.51. The van der Waals surface area contributed by atoms with Crippen molar-refractivity contribution in [2.24, 2.45) is 5.92 Å². The standard InChI is InChI=1S/C27H33N7O3/c1-16(2)12-13-34-18(4)26(37)33(5)22-15-29-27(32-23(22)34)31-21-10-8-19(9-11-21)24(35)28-14-20-7-6-17(3)30-25(20)36/h6-11,15-16,18H,12-14H2,1-5H3,(H,28,35)(H,30,36)(H,29,31,32). The Hall–Kier alpha value is -4.21. The zero-order valence-corrected chi connectivity index (χ0v) is 21.8. The van der Waals surface area contributed by atoms with Crippen molar-refractivity contribution in [3.8, 4) is 0 Å². The fourth-order valence-electron chi connectivity index (χ4n) is 4.14. The number of benzene rings is 1. The van der Waals surface area contributed by atoms with E-state index in [9.17, 15) is 14.4 Å². The molecule has 2 amide bonds. The average Bonchev–Trinajstić information content (AvgIpc) is 2.87. The van der Waals surface area contributed by atoms with Crippen LogP contribution in [0.2, 0.25) is 0 Å². The van der Waals surface area contributed by atoms with Gasteiger partial charge in [0.2, 0.25) is 11.9 Å². The van der Waals surface area contributed by atoms with E-state index in [2.05, 4.69) is 34.4 Å². The molecule has 1 unspecified atom stereocenters. The third kappa shape index (κ3) is 5.79. The van der Waals surface area contributed by atoms with Gasteiger partial charge in [0.05, 0.1) is 6.20 Å². The molecule has 0 saturated carbocycles. The highest BCUT2D eigenvalue weighted by Crippen LogP contribution is 2.34. The molecule has 1 aliphatic heterocycles. The van der Waals surface area contributed by atoms with Crippen LogP contribution < -0.4 is 26.0 Å². The van der Waals surface area contributed by atoms with Gasteiger partial charge in [0.15, 0.2) is 5.82 Å². The molecule has 0 aliphatic carbocycles. The first-order valence-electron chi connectivity index (χ1n) is 12.4. The summed E-state index contributed by atoms with van der Waals surface area (Å²) < 4.78 is 0. The Labute approximate surface area is 216 Å². The van der Waals surface area contributed by atoms with Crippen molar-refractivity contribution >= 4 is 35.0 Å². The van der Waals surface area contributed by atoms with Crippen LogP contribution >= 0.6 is 0 Å². The van der Waals surface area contributed by atoms with E-state index in [1.807, 2.05) is 11.8 Å². The normalized spacial score (nSPS) is 15.1. The summed E-state index contributed by atoms with van der Waals surface area (Å²) in [5, 5.41) is 5.96. The van der Waals surface area contributed by atoms with Crippen LogP contribution in [0.3, 0.4) is 0 Å². The Morgan fingerprint density at radius 2 is 1.86 bits per heavy atom. The van der Waals surface area contributed by atoms with Crippen molar-refractivity contribution in [3.63, 3.8) is 0 Å². The Kier molecular flexibility index (Phi) is 7.56. The molecule has 0 bridgehead atoms. The van der Waals surface area contributed by atoms with E-state index in [1.54, 1.807) is 61.5 Å². The second-order valence-electron chi connectivity index (χ2n) is 9.73. The van der Waals surface area contributed by atoms with E-state index in [0.717, 1.165) is 24.5 Å². The van der Waals surface area contributed by atoms with E-state index in [4.69, 9.17) is 4.98 Å². The van der Waals surface area contributed by atoms with Gasteiger partial charge < -0.3 is 25.4 Å². The molecule has 0 spiro atoms. The minimum Gasteiger partial charge on any atom is -0.348 e. The third-order valence-electron chi connectivity index (χ3n) is 6.47. The zero-order valence-electron chi connectivity index (χ0n) is 21.8. The number of anilines is 4. The Balaban J connectivity index is 1.46. The lowest BCUT2D eigenvalue weighted by Gasteiger charge is -2.39. The summed E-state index contributed by atoms with van der Waals surface area (Å²) in [5.74, 6) is 1.35. The van der Waals surface area contributed by atoms with Crippen LogP contribution in [0.1, 0.15) is 48.8 Å². The number of aromatic nitrogens is 3. The number of aryl methyl sites for hydroxylation is 1. The number of nitrogens with zero attached hydrogens (tertiary/aromatic N) is 4. The molecule has 194 valence electrons. The van der Waals surface area contributed by atoms with Crippen LogP contribution in [0.25, 0.3) is 0 Å². The summed E-state index contributed by atoms with van der Waals surface area (Å²) in [6.45, 7) is 8.87. The third-order valence-corrected chi connectivity index (χ3v) is 6.47. The summed E-state index contributed by atoms with van der Waals surface area (Å²) in [4.78, 5) is 52.8. The van der Waals surface area contributed by atoms with Gasteiger partial charge in [-0.2, -0.15) is 4.98 Å². The van der Waals surface area contributed by atoms with Crippen molar-refractivity contribution in [2.75, 3.05) is 28.7 Å². The van der Waals surface area contributed by atoms with Crippen LogP contribution in [0, 0.1) is 12.8 Å². The highest BCUT2D eigenvalue weighted by atomic mass is 16.2. The Morgan fingerprint density at radius 1 is 1.14 bits per heavy atom. The summed E-state index contributed by atoms with van der Waals surface area (Å²) in [7, 11) is 1.74. The number of H-pyrrole nitrogens is 1. The molecular weight excluding hydrogens is 470 g/mol. The maximum atomic E-state index is 12.7. The molecule has 0 radical (unpaired) electrons. The van der Waals surface area contributed by atoms with Crippen molar-refractivity contribution in [2.45, 2.75) is 46.7 Å². The van der Waals surface area contributed by atoms with Gasteiger partial charge in [-0.1, -0.05) is 19.9 Å². The van der Waals surface area contributed by atoms with Crippen LogP contribution in [0.4, 0.5) is 23.1 Å². The molecule has 10 nitrogen and oxygen atoms in total. The number of fused-ring (bicyclic) bond motifs is 1. The molecule has 3 heterocycles. The topological polar surface area (TPSA) is 123 Å². The number of carbonyl (C=O) groups excluding carboxylic acids is 2. The van der Waals surface area contributed by atoms with Gasteiger partial charge in [-0.3, -0.25) is 14.4 Å². The summed E-state index contributed by atoms with van der Waals surface area (Å²) in [6.07, 6.45) is 2.60. The number of carbonyl (C=O) groups is 2. The van der Waals surface area contributed by atoms with Gasteiger partial charge >= 0.3 is 0 Å². The number of amides is 2. The number of aromatic amines is 1. The molecule has 4 rings (SSSR count). The van der Waals surface area contributed by atoms with Gasteiger partial charge in [-0.25, -0.2) is 4.98 Å². The molecule has 1 aromatic carbocycles. The maximum Gasteiger partial charge on any atom is 0.253 e. The van der Waals surface area contributed by atoms with E-state index in [0.29, 0.717) is 34.4 Å². The van der Waals surface area contributed by atoms with Gasteiger partial charge in [-0.15, -0.1) is 0 Å². The first-order chi connectivity index (χ1) is 17.6. The van der Waals surface area contributed by atoms with Gasteiger partial charge in [0.1, 0.15) is 11.7 Å². The molecular formula is C27H33N7O3. The molecule has 1 atom stereocenters. The van der Waals surface area contributed by atoms with Gasteiger partial charge in [0, 0.05) is 42.6 Å². The Bertz CT molecular complexity index is 1350. The number of likely N-dealkylation sites (N-methyl/N-ethyl adjacent to an activating group) is 1. The van der Waals surface area contributed by atoms with Gasteiger partial charge in [-0.05, 0) is 56.5 Å². The van der Waals surface area contributed by atoms with E-state index in [1.165, 1.54) is 0 Å². The number of pyridine rings is 1. The zero-order chi connectivity index (χ0) is 26.7. The van der Waals surface area contributed by atoms with E-state index < -0.39 is 0 Å². The molecule has 0 saturated heterocycles. The molecule has 2 aromatic heterocycles. The lowest BCUT2D eigenvalue weighted by molar-refractivity contribution is -0.119. The first-order valence-corrected chi connectivity index (χ1v) is 12.4. The fourth-order valence-corrected chi connectivity index (χ4v) is 4.14. The molecule has 10 heteroatoms. The predicted octanol–water partition coefficient (Wildman–Crippen LogP) is 3.36. The van der Waals surface area contributed by atoms with Crippen molar-refractivity contribution in [1.82, 2.24) is 20.3 Å². The molecule has 1 aliphatic rings. The lowest BCUT2D eigenvalue weighted by atomic mass is 10.1. The summed E-state index contributed by atoms with van der Waals surface area (Å²) in [6, 6.07) is 10.1. The monoisotopic (exact) mass is 503 g/mol. The first kappa shape index (κ1) is 25.9. The fraction of sp³-hybridized carbons (Fsp3) is 0.370. The van der Waals surface area contributed by atoms with Gasteiger partial charge in [0.25, 0.3) is 11.5 Å². The molecule has 3 aromatic rings. The van der Waals surface area contributed by atoms with Crippen LogP contribution in [-0.4, -0.2) is 46.4 Å². The maximum absolute atomic E-state index is 12.7. The molecule has 0 fully saturated rings. The number of rotatable bonds is 8. The molecule has 3 N–H and O–H groups in total. The Morgan fingerprint density at radius 3 is 2.54 bits per heavy atom. The van der Waals surface area contributed by atoms with E-state index >= 15 is 0 Å². The second-order valence-corrected chi connectivity index (χ2v) is 9.73. The number of hydrogen-bond donors (Lipinski definition) is 3. The highest BCUT2D eigenvalue weighted by Gasteiger charge is 2.35. The van der Waals surface area contributed by atoms with Crippen molar-refractivity contribution in [1.29, 1.82) is 0 Å². The highest BCUT2D eigenvalue weighted by molar-refractivity contribution is 6.04. The van der Waals surface area contributed by atoms with Crippen molar-refractivity contribution < 1.29 is 9.59 Å². The predicted molar refractivity (Wildman–Crippen MR) is 144 cm³/mol. The summed E-state index contributed by atoms with van der Waals surface area (Å²) in [5.41, 5.74) is 2.91. The van der Waals surface area contributed by atoms with Crippen molar-refractivity contribution in [3.05, 3.63) is 69.8 Å². The number of nitrogens with one attached hydrogen (secondary N) is 3. The minimum atomic E-state index is -0.313.